The molecule has 2 aromatic carbocycles. The first kappa shape index (κ1) is 17.7. The highest BCUT2D eigenvalue weighted by atomic mass is 16.5. The molecule has 4 rings (SSSR count). The van der Waals surface area contributed by atoms with Gasteiger partial charge < -0.3 is 10.1 Å². The number of ether oxygens (including phenoxy) is 1. The number of para-hydroxylation sites is 1. The predicted molar refractivity (Wildman–Crippen MR) is 106 cm³/mol. The zero-order valence-electron chi connectivity index (χ0n) is 15.5. The van der Waals surface area contributed by atoms with E-state index >= 15 is 0 Å². The zero-order chi connectivity index (χ0) is 19.7. The van der Waals surface area contributed by atoms with Crippen LogP contribution >= 0.6 is 0 Å². The van der Waals surface area contributed by atoms with Crippen molar-refractivity contribution < 1.29 is 14.3 Å². The number of amides is 1. The molecule has 28 heavy (non-hydrogen) atoms. The van der Waals surface area contributed by atoms with Gasteiger partial charge in [-0.15, -0.1) is 0 Å². The number of anilines is 2. The summed E-state index contributed by atoms with van der Waals surface area (Å²) in [5.41, 5.74) is 3.98. The highest BCUT2D eigenvalue weighted by Crippen LogP contribution is 2.37. The molecular formula is C22H19N3O3. The highest BCUT2D eigenvalue weighted by molar-refractivity contribution is 6.11. The van der Waals surface area contributed by atoms with Gasteiger partial charge in [-0.3, -0.25) is 14.7 Å². The largest absolute Gasteiger partial charge is 0.465 e. The molecule has 0 fully saturated rings. The number of rotatable bonds is 4. The van der Waals surface area contributed by atoms with Crippen LogP contribution in [-0.2, 0) is 4.74 Å². The molecule has 0 aliphatic carbocycles. The molecule has 1 aliphatic rings. The van der Waals surface area contributed by atoms with Crippen LogP contribution in [0.4, 0.5) is 11.4 Å². The number of fused-ring (bicyclic) bond motifs is 1. The Morgan fingerprint density at radius 2 is 1.82 bits per heavy atom. The number of carbonyl (C=O) groups is 2. The number of esters is 1. The molecule has 6 nitrogen and oxygen atoms in total. The Labute approximate surface area is 162 Å². The van der Waals surface area contributed by atoms with Gasteiger partial charge in [-0.25, -0.2) is 4.79 Å². The number of pyridine rings is 1. The normalized spacial score (nSPS) is 15.3. The molecule has 140 valence electrons. The molecule has 3 aromatic rings. The summed E-state index contributed by atoms with van der Waals surface area (Å²) in [7, 11) is 1.34. The van der Waals surface area contributed by atoms with E-state index in [0.717, 1.165) is 11.3 Å². The van der Waals surface area contributed by atoms with Crippen LogP contribution in [0.5, 0.6) is 0 Å². The van der Waals surface area contributed by atoms with E-state index in [1.54, 1.807) is 41.4 Å². The van der Waals surface area contributed by atoms with Gasteiger partial charge in [0, 0.05) is 11.9 Å². The molecule has 1 atom stereocenters. The van der Waals surface area contributed by atoms with Crippen molar-refractivity contribution in [2.75, 3.05) is 17.3 Å². The van der Waals surface area contributed by atoms with Gasteiger partial charge in [0.25, 0.3) is 5.91 Å². The lowest BCUT2D eigenvalue weighted by molar-refractivity contribution is 0.0601. The van der Waals surface area contributed by atoms with E-state index in [9.17, 15) is 9.59 Å². The number of benzene rings is 2. The molecule has 1 aliphatic heterocycles. The summed E-state index contributed by atoms with van der Waals surface area (Å²) in [6, 6.07) is 18.3. The first-order chi connectivity index (χ1) is 13.6. The Hall–Kier alpha value is -3.67. The lowest BCUT2D eigenvalue weighted by Gasteiger charge is -2.27. The zero-order valence-corrected chi connectivity index (χ0v) is 15.5. The standard InChI is InChI=1S/C22H19N3O3/c1-14-9-11-15(12-10-14)25-20(19-17(21(25)26)7-5-13-23-19)24-18-8-4-3-6-16(18)22(27)28-2/h3-13,20,24H,1-2H3. The molecule has 6 heteroatoms. The second-order valence-corrected chi connectivity index (χ2v) is 6.53. The van der Waals surface area contributed by atoms with Gasteiger partial charge in [0.05, 0.1) is 29.6 Å². The van der Waals surface area contributed by atoms with Gasteiger partial charge in [-0.1, -0.05) is 29.8 Å². The molecular weight excluding hydrogens is 354 g/mol. The fourth-order valence-electron chi connectivity index (χ4n) is 3.33. The molecule has 1 unspecified atom stereocenters. The third-order valence-corrected chi connectivity index (χ3v) is 4.74. The number of aromatic nitrogens is 1. The summed E-state index contributed by atoms with van der Waals surface area (Å²) < 4.78 is 4.88. The first-order valence-corrected chi connectivity index (χ1v) is 8.89. The van der Waals surface area contributed by atoms with Crippen molar-refractivity contribution >= 4 is 23.3 Å². The molecule has 1 N–H and O–H groups in total. The summed E-state index contributed by atoms with van der Waals surface area (Å²) in [4.78, 5) is 31.4. The Morgan fingerprint density at radius 1 is 1.07 bits per heavy atom. The predicted octanol–water partition coefficient (Wildman–Crippen LogP) is 3.95. The topological polar surface area (TPSA) is 71.5 Å². The Bertz CT molecular complexity index is 1050. The minimum Gasteiger partial charge on any atom is -0.465 e. The van der Waals surface area contributed by atoms with Gasteiger partial charge in [0.2, 0.25) is 0 Å². The van der Waals surface area contributed by atoms with Gasteiger partial charge >= 0.3 is 5.97 Å². The molecule has 0 spiro atoms. The van der Waals surface area contributed by atoms with Gasteiger partial charge in [-0.05, 0) is 43.3 Å². The number of carbonyl (C=O) groups excluding carboxylic acids is 2. The Kier molecular flexibility index (Phi) is 4.53. The average molecular weight is 373 g/mol. The van der Waals surface area contributed by atoms with E-state index in [1.807, 2.05) is 37.3 Å². The first-order valence-electron chi connectivity index (χ1n) is 8.89. The second kappa shape index (κ2) is 7.15. The summed E-state index contributed by atoms with van der Waals surface area (Å²) in [6.45, 7) is 1.99. The van der Waals surface area contributed by atoms with Crippen LogP contribution < -0.4 is 10.2 Å². The highest BCUT2D eigenvalue weighted by Gasteiger charge is 2.39. The number of nitrogens with one attached hydrogen (secondary N) is 1. The van der Waals surface area contributed by atoms with Crippen molar-refractivity contribution in [1.82, 2.24) is 4.98 Å². The van der Waals surface area contributed by atoms with Crippen LogP contribution in [0.3, 0.4) is 0 Å². The van der Waals surface area contributed by atoms with E-state index in [4.69, 9.17) is 4.74 Å². The summed E-state index contributed by atoms with van der Waals surface area (Å²) in [5.74, 6) is -0.587. The molecule has 1 aromatic heterocycles. The smallest absolute Gasteiger partial charge is 0.339 e. The van der Waals surface area contributed by atoms with Crippen molar-refractivity contribution in [2.24, 2.45) is 0 Å². The number of nitrogens with zero attached hydrogens (tertiary/aromatic N) is 2. The van der Waals surface area contributed by atoms with Gasteiger partial charge in [-0.2, -0.15) is 0 Å². The fourth-order valence-corrected chi connectivity index (χ4v) is 3.33. The Balaban J connectivity index is 1.79. The maximum Gasteiger partial charge on any atom is 0.339 e. The van der Waals surface area contributed by atoms with E-state index < -0.39 is 12.1 Å². The lowest BCUT2D eigenvalue weighted by atomic mass is 10.1. The molecule has 0 saturated heterocycles. The monoisotopic (exact) mass is 373 g/mol. The SMILES string of the molecule is COC(=O)c1ccccc1NC1c2ncccc2C(=O)N1c1ccc(C)cc1. The third kappa shape index (κ3) is 2.99. The molecule has 2 heterocycles. The molecule has 0 radical (unpaired) electrons. The lowest BCUT2D eigenvalue weighted by Crippen LogP contribution is -2.32. The minimum atomic E-state index is -0.544. The van der Waals surface area contributed by atoms with Crippen molar-refractivity contribution in [3.63, 3.8) is 0 Å². The second-order valence-electron chi connectivity index (χ2n) is 6.53. The van der Waals surface area contributed by atoms with Crippen molar-refractivity contribution in [2.45, 2.75) is 13.1 Å². The summed E-state index contributed by atoms with van der Waals surface area (Å²) >= 11 is 0. The van der Waals surface area contributed by atoms with E-state index in [0.29, 0.717) is 22.5 Å². The van der Waals surface area contributed by atoms with Crippen LogP contribution in [0.15, 0.2) is 66.9 Å². The molecule has 0 bridgehead atoms. The fraction of sp³-hybridized carbons (Fsp3) is 0.136. The van der Waals surface area contributed by atoms with Gasteiger partial charge in [0.1, 0.15) is 0 Å². The average Bonchev–Trinajstić information content (AvgIpc) is 3.00. The number of methoxy groups -OCH3 is 1. The van der Waals surface area contributed by atoms with E-state index in [-0.39, 0.29) is 5.91 Å². The van der Waals surface area contributed by atoms with Crippen molar-refractivity contribution in [3.8, 4) is 0 Å². The van der Waals surface area contributed by atoms with Crippen LogP contribution in [0.1, 0.15) is 38.1 Å². The quantitative estimate of drug-likeness (QED) is 0.701. The van der Waals surface area contributed by atoms with E-state index in [1.165, 1.54) is 7.11 Å². The van der Waals surface area contributed by atoms with Crippen LogP contribution in [-0.4, -0.2) is 24.0 Å². The van der Waals surface area contributed by atoms with Gasteiger partial charge in [0.15, 0.2) is 6.17 Å². The van der Waals surface area contributed by atoms with Crippen LogP contribution in [0.25, 0.3) is 0 Å². The van der Waals surface area contributed by atoms with Crippen LogP contribution in [0, 0.1) is 6.92 Å². The minimum absolute atomic E-state index is 0.139. The number of aryl methyl sites for hydroxylation is 1. The molecule has 1 amide bonds. The van der Waals surface area contributed by atoms with Crippen molar-refractivity contribution in [1.29, 1.82) is 0 Å². The maximum atomic E-state index is 13.1. The molecule has 0 saturated carbocycles. The van der Waals surface area contributed by atoms with Crippen molar-refractivity contribution in [3.05, 3.63) is 89.2 Å². The Morgan fingerprint density at radius 3 is 2.57 bits per heavy atom. The van der Waals surface area contributed by atoms with E-state index in [2.05, 4.69) is 10.3 Å². The summed E-state index contributed by atoms with van der Waals surface area (Å²) in [6.07, 6.45) is 1.11. The van der Waals surface area contributed by atoms with Crippen LogP contribution in [0.2, 0.25) is 0 Å². The maximum absolute atomic E-state index is 13.1. The third-order valence-electron chi connectivity index (χ3n) is 4.74. The summed E-state index contributed by atoms with van der Waals surface area (Å²) in [5, 5.41) is 3.32. The number of hydrogen-bond donors (Lipinski definition) is 1. The number of hydrogen-bond acceptors (Lipinski definition) is 5.